The van der Waals surface area contributed by atoms with Crippen LogP contribution in [0.25, 0.3) is 0 Å². The molecule has 20 heavy (non-hydrogen) atoms. The molecule has 0 bridgehead atoms. The fourth-order valence-electron chi connectivity index (χ4n) is 1.81. The first kappa shape index (κ1) is 16.1. The van der Waals surface area contributed by atoms with Crippen LogP contribution in [0.15, 0.2) is 24.3 Å². The van der Waals surface area contributed by atoms with Crippen LogP contribution >= 0.6 is 0 Å². The van der Waals surface area contributed by atoms with E-state index in [-0.39, 0.29) is 18.4 Å². The van der Waals surface area contributed by atoms with Crippen LogP contribution in [0.3, 0.4) is 0 Å². The third kappa shape index (κ3) is 4.64. The molecule has 0 aromatic heterocycles. The number of aliphatic carboxylic acids is 1. The maximum absolute atomic E-state index is 13.3. The van der Waals surface area contributed by atoms with Gasteiger partial charge in [0.15, 0.2) is 0 Å². The number of carboxylic acids is 1. The van der Waals surface area contributed by atoms with Crippen LogP contribution in [0, 0.1) is 17.7 Å². The number of amides is 1. The number of halogens is 1. The third-order valence-corrected chi connectivity index (χ3v) is 2.88. The van der Waals surface area contributed by atoms with Crippen LogP contribution in [0.2, 0.25) is 0 Å². The zero-order valence-corrected chi connectivity index (χ0v) is 12.0. The van der Waals surface area contributed by atoms with Gasteiger partial charge in [0, 0.05) is 18.7 Å². The van der Waals surface area contributed by atoms with Crippen molar-refractivity contribution in [1.82, 2.24) is 0 Å². The molecule has 1 aromatic rings. The van der Waals surface area contributed by atoms with Crippen LogP contribution < -0.4 is 4.90 Å². The molecule has 0 aliphatic rings. The highest BCUT2D eigenvalue weighted by molar-refractivity contribution is 5.94. The van der Waals surface area contributed by atoms with E-state index in [1.165, 1.54) is 30.0 Å². The van der Waals surface area contributed by atoms with Crippen molar-refractivity contribution in [2.45, 2.75) is 27.2 Å². The molecular weight excluding hydrogens is 261 g/mol. The predicted molar refractivity (Wildman–Crippen MR) is 75.0 cm³/mol. The molecule has 0 fully saturated rings. The molecule has 1 aromatic carbocycles. The van der Waals surface area contributed by atoms with Crippen molar-refractivity contribution in [3.63, 3.8) is 0 Å². The lowest BCUT2D eigenvalue weighted by Gasteiger charge is -2.25. The van der Waals surface area contributed by atoms with E-state index in [1.54, 1.807) is 6.07 Å². The molecule has 110 valence electrons. The molecule has 0 radical (unpaired) electrons. The minimum Gasteiger partial charge on any atom is -0.481 e. The summed E-state index contributed by atoms with van der Waals surface area (Å²) in [5, 5.41) is 8.98. The highest BCUT2D eigenvalue weighted by atomic mass is 19.1. The molecule has 0 aliphatic carbocycles. The Balaban J connectivity index is 3.00. The normalized spacial score (nSPS) is 12.2. The van der Waals surface area contributed by atoms with Gasteiger partial charge < -0.3 is 10.0 Å². The van der Waals surface area contributed by atoms with Crippen molar-refractivity contribution in [3.05, 3.63) is 30.1 Å². The van der Waals surface area contributed by atoms with Gasteiger partial charge in [0.25, 0.3) is 0 Å². The van der Waals surface area contributed by atoms with Gasteiger partial charge in [-0.2, -0.15) is 0 Å². The van der Waals surface area contributed by atoms with Crippen molar-refractivity contribution in [2.24, 2.45) is 11.8 Å². The minimum atomic E-state index is -0.983. The average molecular weight is 281 g/mol. The summed E-state index contributed by atoms with van der Waals surface area (Å²) < 4.78 is 13.3. The summed E-state index contributed by atoms with van der Waals surface area (Å²) in [6.45, 7) is 5.37. The minimum absolute atomic E-state index is 0.0321. The number of carbonyl (C=O) groups is 2. The second kappa shape index (κ2) is 7.03. The number of hydrogen-bond acceptors (Lipinski definition) is 2. The van der Waals surface area contributed by atoms with Gasteiger partial charge in [-0.25, -0.2) is 4.39 Å². The highest BCUT2D eigenvalue weighted by Gasteiger charge is 2.22. The van der Waals surface area contributed by atoms with E-state index in [0.29, 0.717) is 12.1 Å². The van der Waals surface area contributed by atoms with Crippen molar-refractivity contribution in [3.8, 4) is 0 Å². The van der Waals surface area contributed by atoms with E-state index in [9.17, 15) is 14.0 Å². The van der Waals surface area contributed by atoms with Gasteiger partial charge in [-0.1, -0.05) is 26.8 Å². The molecule has 1 rings (SSSR count). The molecule has 0 aliphatic heterocycles. The summed E-state index contributed by atoms with van der Waals surface area (Å²) in [5.41, 5.74) is 0.392. The number of carbonyl (C=O) groups excluding carboxylic acids is 1. The summed E-state index contributed by atoms with van der Waals surface area (Å²) in [4.78, 5) is 24.5. The van der Waals surface area contributed by atoms with Gasteiger partial charge in [-0.05, 0) is 24.1 Å². The maximum Gasteiger partial charge on any atom is 0.308 e. The Morgan fingerprint density at radius 3 is 2.45 bits per heavy atom. The van der Waals surface area contributed by atoms with Crippen molar-refractivity contribution < 1.29 is 19.1 Å². The Labute approximate surface area is 118 Å². The molecule has 0 saturated carbocycles. The monoisotopic (exact) mass is 281 g/mol. The Morgan fingerprint density at radius 1 is 1.30 bits per heavy atom. The second-order valence-electron chi connectivity index (χ2n) is 5.32. The molecule has 0 spiro atoms. The molecule has 1 unspecified atom stereocenters. The molecule has 1 N–H and O–H groups in total. The lowest BCUT2D eigenvalue weighted by molar-refractivity contribution is -0.140. The molecule has 5 heteroatoms. The number of nitrogens with zero attached hydrogens (tertiary/aromatic N) is 1. The standard InChI is InChI=1S/C15H20FNO3/c1-10(2)7-14(18)17(9-11(3)15(19)20)13-6-4-5-12(16)8-13/h4-6,8,10-11H,7,9H2,1-3H3,(H,19,20). The molecule has 4 nitrogen and oxygen atoms in total. The van der Waals surface area contributed by atoms with Gasteiger partial charge >= 0.3 is 5.97 Å². The number of hydrogen-bond donors (Lipinski definition) is 1. The smallest absolute Gasteiger partial charge is 0.308 e. The molecule has 0 heterocycles. The fourth-order valence-corrected chi connectivity index (χ4v) is 1.81. The first-order chi connectivity index (χ1) is 9.31. The Hall–Kier alpha value is -1.91. The average Bonchev–Trinajstić information content (AvgIpc) is 2.34. The predicted octanol–water partition coefficient (Wildman–Crippen LogP) is 2.93. The lowest BCUT2D eigenvalue weighted by Crippen LogP contribution is -2.37. The van der Waals surface area contributed by atoms with Crippen molar-refractivity contribution >= 4 is 17.6 Å². The summed E-state index contributed by atoms with van der Waals surface area (Å²) in [6.07, 6.45) is 0.294. The Morgan fingerprint density at radius 2 is 1.95 bits per heavy atom. The van der Waals surface area contributed by atoms with Crippen LogP contribution in [0.5, 0.6) is 0 Å². The largest absolute Gasteiger partial charge is 0.481 e. The molecule has 0 saturated heterocycles. The van der Waals surface area contributed by atoms with E-state index >= 15 is 0 Å². The SMILES string of the molecule is CC(C)CC(=O)N(CC(C)C(=O)O)c1cccc(F)c1. The van der Waals surface area contributed by atoms with E-state index < -0.39 is 17.7 Å². The summed E-state index contributed by atoms with van der Waals surface area (Å²) in [5.74, 6) is -2.19. The first-order valence-electron chi connectivity index (χ1n) is 6.60. The van der Waals surface area contributed by atoms with Gasteiger partial charge in [-0.3, -0.25) is 9.59 Å². The van der Waals surface area contributed by atoms with E-state index in [4.69, 9.17) is 5.11 Å². The lowest BCUT2D eigenvalue weighted by atomic mass is 10.1. The first-order valence-corrected chi connectivity index (χ1v) is 6.60. The number of rotatable bonds is 6. The number of benzene rings is 1. The van der Waals surface area contributed by atoms with Gasteiger partial charge in [0.2, 0.25) is 5.91 Å². The summed E-state index contributed by atoms with van der Waals surface area (Å²) >= 11 is 0. The zero-order valence-electron chi connectivity index (χ0n) is 12.0. The Kier molecular flexibility index (Phi) is 5.67. The van der Waals surface area contributed by atoms with Crippen LogP contribution in [0.1, 0.15) is 27.2 Å². The van der Waals surface area contributed by atoms with Gasteiger partial charge in [0.05, 0.1) is 5.92 Å². The van der Waals surface area contributed by atoms with E-state index in [0.717, 1.165) is 0 Å². The third-order valence-electron chi connectivity index (χ3n) is 2.88. The van der Waals surface area contributed by atoms with Crippen molar-refractivity contribution in [2.75, 3.05) is 11.4 Å². The maximum atomic E-state index is 13.3. The summed E-state index contributed by atoms with van der Waals surface area (Å²) in [6, 6.07) is 5.64. The van der Waals surface area contributed by atoms with Crippen LogP contribution in [0.4, 0.5) is 10.1 Å². The highest BCUT2D eigenvalue weighted by Crippen LogP contribution is 2.19. The fraction of sp³-hybridized carbons (Fsp3) is 0.467. The molecule has 1 amide bonds. The van der Waals surface area contributed by atoms with Crippen molar-refractivity contribution in [1.29, 1.82) is 0 Å². The van der Waals surface area contributed by atoms with Gasteiger partial charge in [0.1, 0.15) is 5.82 Å². The van der Waals surface area contributed by atoms with E-state index in [1.807, 2.05) is 13.8 Å². The molecular formula is C15H20FNO3. The second-order valence-corrected chi connectivity index (χ2v) is 5.32. The quantitative estimate of drug-likeness (QED) is 0.872. The summed E-state index contributed by atoms with van der Waals surface area (Å²) in [7, 11) is 0. The van der Waals surface area contributed by atoms with E-state index in [2.05, 4.69) is 0 Å². The topological polar surface area (TPSA) is 57.6 Å². The Bertz CT molecular complexity index is 488. The zero-order chi connectivity index (χ0) is 15.3. The van der Waals surface area contributed by atoms with Crippen LogP contribution in [-0.2, 0) is 9.59 Å². The number of carboxylic acid groups (broad SMARTS) is 1. The molecule has 1 atom stereocenters. The number of anilines is 1. The van der Waals surface area contributed by atoms with Gasteiger partial charge in [-0.15, -0.1) is 0 Å². The van der Waals surface area contributed by atoms with Crippen LogP contribution in [-0.4, -0.2) is 23.5 Å².